The standard InChI is InChI=1S/C19H17ClF3N5O/c20-16-17(19(22)23)26-28(18(16)11-5-6-11)10-15(29)24-14-7-8-27(25-14)9-12-3-1-2-4-13(12)21/h1-4,7-8,11,19H,5-6,9-10H2,(H,24,25,29). The summed E-state index contributed by atoms with van der Waals surface area (Å²) in [6.45, 7) is -0.0423. The smallest absolute Gasteiger partial charge is 0.283 e. The second-order valence-electron chi connectivity index (χ2n) is 6.86. The topological polar surface area (TPSA) is 64.7 Å². The summed E-state index contributed by atoms with van der Waals surface area (Å²) in [4.78, 5) is 12.4. The summed E-state index contributed by atoms with van der Waals surface area (Å²) >= 11 is 6.05. The van der Waals surface area contributed by atoms with Crippen molar-refractivity contribution < 1.29 is 18.0 Å². The number of aromatic nitrogens is 4. The van der Waals surface area contributed by atoms with Crippen LogP contribution >= 0.6 is 11.6 Å². The maximum atomic E-state index is 13.7. The summed E-state index contributed by atoms with van der Waals surface area (Å²) in [7, 11) is 0. The maximum Gasteiger partial charge on any atom is 0.283 e. The molecule has 1 amide bonds. The minimum Gasteiger partial charge on any atom is -0.308 e. The molecule has 3 aromatic rings. The van der Waals surface area contributed by atoms with Crippen molar-refractivity contribution >= 4 is 23.3 Å². The first kappa shape index (κ1) is 19.5. The molecule has 1 aliphatic carbocycles. The van der Waals surface area contributed by atoms with E-state index in [0.717, 1.165) is 12.8 Å². The Bertz CT molecular complexity index is 1040. The summed E-state index contributed by atoms with van der Waals surface area (Å²) in [5.41, 5.74) is 0.436. The molecule has 0 radical (unpaired) electrons. The molecule has 0 bridgehead atoms. The second kappa shape index (κ2) is 7.90. The van der Waals surface area contributed by atoms with Crippen LogP contribution in [-0.2, 0) is 17.9 Å². The Labute approximate surface area is 169 Å². The van der Waals surface area contributed by atoms with Crippen LogP contribution in [0.4, 0.5) is 19.0 Å². The Morgan fingerprint density at radius 2 is 2.00 bits per heavy atom. The lowest BCUT2D eigenvalue weighted by molar-refractivity contribution is -0.117. The molecule has 152 valence electrons. The summed E-state index contributed by atoms with van der Waals surface area (Å²) in [5, 5.41) is 10.6. The molecular formula is C19H17ClF3N5O. The van der Waals surface area contributed by atoms with Crippen molar-refractivity contribution in [1.29, 1.82) is 0 Å². The first-order valence-corrected chi connectivity index (χ1v) is 9.41. The number of hydrogen-bond acceptors (Lipinski definition) is 3. The van der Waals surface area contributed by atoms with Crippen LogP contribution in [0.1, 0.15) is 42.1 Å². The highest BCUT2D eigenvalue weighted by atomic mass is 35.5. The molecule has 2 heterocycles. The van der Waals surface area contributed by atoms with Crippen LogP contribution in [-0.4, -0.2) is 25.5 Å². The Morgan fingerprint density at radius 1 is 1.24 bits per heavy atom. The highest BCUT2D eigenvalue weighted by Gasteiger charge is 2.34. The molecule has 4 rings (SSSR count). The van der Waals surface area contributed by atoms with Crippen LogP contribution in [0.15, 0.2) is 36.5 Å². The van der Waals surface area contributed by atoms with E-state index in [4.69, 9.17) is 11.6 Å². The van der Waals surface area contributed by atoms with E-state index < -0.39 is 18.0 Å². The van der Waals surface area contributed by atoms with Gasteiger partial charge >= 0.3 is 0 Å². The quantitative estimate of drug-likeness (QED) is 0.613. The molecule has 6 nitrogen and oxygen atoms in total. The van der Waals surface area contributed by atoms with Gasteiger partial charge in [0, 0.05) is 23.7 Å². The van der Waals surface area contributed by atoms with Gasteiger partial charge in [0.2, 0.25) is 5.91 Å². The van der Waals surface area contributed by atoms with Gasteiger partial charge in [-0.15, -0.1) is 0 Å². The van der Waals surface area contributed by atoms with Gasteiger partial charge in [-0.3, -0.25) is 14.2 Å². The monoisotopic (exact) mass is 423 g/mol. The Kier molecular flexibility index (Phi) is 5.31. The summed E-state index contributed by atoms with van der Waals surface area (Å²) in [6.07, 6.45) is 0.460. The molecular weight excluding hydrogens is 407 g/mol. The number of carbonyl (C=O) groups is 1. The number of halogens is 4. The van der Waals surface area contributed by atoms with Gasteiger partial charge in [0.1, 0.15) is 18.1 Å². The third-order valence-electron chi connectivity index (χ3n) is 4.62. The average Bonchev–Trinajstić information content (AvgIpc) is 3.32. The lowest BCUT2D eigenvalue weighted by Gasteiger charge is -2.07. The number of anilines is 1. The van der Waals surface area contributed by atoms with Gasteiger partial charge in [0.15, 0.2) is 5.82 Å². The highest BCUT2D eigenvalue weighted by molar-refractivity contribution is 6.32. The van der Waals surface area contributed by atoms with Gasteiger partial charge in [0.25, 0.3) is 6.43 Å². The van der Waals surface area contributed by atoms with Gasteiger partial charge in [0.05, 0.1) is 17.3 Å². The number of carbonyl (C=O) groups excluding carboxylic acids is 1. The summed E-state index contributed by atoms with van der Waals surface area (Å²) in [6, 6.07) is 7.91. The SMILES string of the molecule is O=C(Cn1nc(C(F)F)c(Cl)c1C1CC1)Nc1ccn(Cc2ccccc2F)n1. The second-order valence-corrected chi connectivity index (χ2v) is 7.23. The van der Waals surface area contributed by atoms with Gasteiger partial charge in [-0.25, -0.2) is 13.2 Å². The van der Waals surface area contributed by atoms with E-state index >= 15 is 0 Å². The van der Waals surface area contributed by atoms with Crippen molar-refractivity contribution in [3.05, 3.63) is 64.3 Å². The van der Waals surface area contributed by atoms with Crippen LogP contribution in [0.3, 0.4) is 0 Å². The number of hydrogen-bond donors (Lipinski definition) is 1. The third-order valence-corrected chi connectivity index (χ3v) is 5.01. The summed E-state index contributed by atoms with van der Waals surface area (Å²) in [5.74, 6) is -0.489. The van der Waals surface area contributed by atoms with Crippen LogP contribution in [0.25, 0.3) is 0 Å². The van der Waals surface area contributed by atoms with Crippen LogP contribution in [0, 0.1) is 5.82 Å². The number of benzene rings is 1. The predicted octanol–water partition coefficient (Wildman–Crippen LogP) is 4.37. The fourth-order valence-electron chi connectivity index (χ4n) is 3.11. The molecule has 1 saturated carbocycles. The van der Waals surface area contributed by atoms with Gasteiger partial charge in [-0.1, -0.05) is 29.8 Å². The fourth-order valence-corrected chi connectivity index (χ4v) is 3.49. The van der Waals surface area contributed by atoms with Gasteiger partial charge in [-0.05, 0) is 18.9 Å². The molecule has 10 heteroatoms. The van der Waals surface area contributed by atoms with Gasteiger partial charge in [-0.2, -0.15) is 10.2 Å². The van der Waals surface area contributed by atoms with Crippen molar-refractivity contribution in [2.45, 2.75) is 38.3 Å². The number of alkyl halides is 2. The molecule has 0 saturated heterocycles. The van der Waals surface area contributed by atoms with Crippen molar-refractivity contribution in [3.63, 3.8) is 0 Å². The van der Waals surface area contributed by atoms with Crippen molar-refractivity contribution in [3.8, 4) is 0 Å². The molecule has 0 unspecified atom stereocenters. The lowest BCUT2D eigenvalue weighted by Crippen LogP contribution is -2.21. The molecule has 1 fully saturated rings. The van der Waals surface area contributed by atoms with E-state index in [-0.39, 0.29) is 35.7 Å². The van der Waals surface area contributed by atoms with Crippen LogP contribution in [0.5, 0.6) is 0 Å². The van der Waals surface area contributed by atoms with Crippen LogP contribution in [0.2, 0.25) is 5.02 Å². The van der Waals surface area contributed by atoms with Crippen LogP contribution < -0.4 is 5.32 Å². The Morgan fingerprint density at radius 3 is 2.69 bits per heavy atom. The zero-order valence-electron chi connectivity index (χ0n) is 15.2. The van der Waals surface area contributed by atoms with Gasteiger partial charge < -0.3 is 5.32 Å². The minimum atomic E-state index is -2.81. The zero-order chi connectivity index (χ0) is 20.5. The van der Waals surface area contributed by atoms with E-state index in [0.29, 0.717) is 11.3 Å². The normalized spacial score (nSPS) is 13.8. The molecule has 1 aromatic carbocycles. The molecule has 0 aliphatic heterocycles. The third kappa shape index (κ3) is 4.29. The molecule has 1 aliphatic rings. The number of nitrogens with zero attached hydrogens (tertiary/aromatic N) is 4. The number of rotatable bonds is 7. The van der Waals surface area contributed by atoms with E-state index in [2.05, 4.69) is 15.5 Å². The molecule has 2 aromatic heterocycles. The first-order chi connectivity index (χ1) is 13.9. The van der Waals surface area contributed by atoms with E-state index in [1.54, 1.807) is 30.5 Å². The largest absolute Gasteiger partial charge is 0.308 e. The zero-order valence-corrected chi connectivity index (χ0v) is 15.9. The maximum absolute atomic E-state index is 13.7. The predicted molar refractivity (Wildman–Crippen MR) is 101 cm³/mol. The lowest BCUT2D eigenvalue weighted by atomic mass is 10.2. The Balaban J connectivity index is 1.44. The highest BCUT2D eigenvalue weighted by Crippen LogP contribution is 2.45. The molecule has 29 heavy (non-hydrogen) atoms. The van der Waals surface area contributed by atoms with E-state index in [1.165, 1.54) is 15.4 Å². The Hall–Kier alpha value is -2.81. The molecule has 1 N–H and O–H groups in total. The fraction of sp³-hybridized carbons (Fsp3) is 0.316. The number of nitrogens with one attached hydrogen (secondary N) is 1. The molecule has 0 atom stereocenters. The van der Waals surface area contributed by atoms with Crippen molar-refractivity contribution in [2.24, 2.45) is 0 Å². The summed E-state index contributed by atoms with van der Waals surface area (Å²) < 4.78 is 42.7. The first-order valence-electron chi connectivity index (χ1n) is 9.03. The number of amides is 1. The average molecular weight is 424 g/mol. The van der Waals surface area contributed by atoms with Crippen molar-refractivity contribution in [1.82, 2.24) is 19.6 Å². The van der Waals surface area contributed by atoms with Crippen molar-refractivity contribution in [2.75, 3.05) is 5.32 Å². The minimum absolute atomic E-state index is 0.0512. The van der Waals surface area contributed by atoms with E-state index in [9.17, 15) is 18.0 Å². The van der Waals surface area contributed by atoms with E-state index in [1.807, 2.05) is 0 Å². The molecule has 0 spiro atoms.